The Morgan fingerprint density at radius 3 is 2.70 bits per heavy atom. The highest BCUT2D eigenvalue weighted by atomic mass is 35.5. The van der Waals surface area contributed by atoms with Crippen LogP contribution in [0.4, 0.5) is 29.3 Å². The molecule has 2 atom stereocenters. The van der Waals surface area contributed by atoms with Gasteiger partial charge in [0.2, 0.25) is 5.88 Å². The molecule has 14 heteroatoms. The Balaban J connectivity index is 1.66. The summed E-state index contributed by atoms with van der Waals surface area (Å²) in [5, 5.41) is 15.7. The topological polar surface area (TPSA) is 105 Å². The van der Waals surface area contributed by atoms with Gasteiger partial charge in [-0.15, -0.1) is 0 Å². The number of carbonyl (C=O) groups is 1. The summed E-state index contributed by atoms with van der Waals surface area (Å²) in [5.74, 6) is 0.0360. The van der Waals surface area contributed by atoms with Gasteiger partial charge in [-0.2, -0.15) is 18.3 Å². The van der Waals surface area contributed by atoms with Crippen LogP contribution >= 0.6 is 23.2 Å². The summed E-state index contributed by atoms with van der Waals surface area (Å²) in [6.07, 6.45) is -3.03. The molecule has 0 spiro atoms. The van der Waals surface area contributed by atoms with Crippen LogP contribution in [0.15, 0.2) is 24.5 Å². The number of halogens is 5. The zero-order chi connectivity index (χ0) is 24.1. The van der Waals surface area contributed by atoms with Crippen LogP contribution < -0.4 is 15.0 Å². The summed E-state index contributed by atoms with van der Waals surface area (Å²) in [6, 6.07) is 1.81. The van der Waals surface area contributed by atoms with Crippen molar-refractivity contribution in [3.63, 3.8) is 0 Å². The fourth-order valence-electron chi connectivity index (χ4n) is 3.48. The van der Waals surface area contributed by atoms with E-state index in [1.54, 1.807) is 0 Å². The van der Waals surface area contributed by atoms with Crippen molar-refractivity contribution in [1.29, 1.82) is 0 Å². The van der Waals surface area contributed by atoms with Crippen molar-refractivity contribution in [2.24, 2.45) is 0 Å². The van der Waals surface area contributed by atoms with E-state index in [1.165, 1.54) is 31.5 Å². The van der Waals surface area contributed by atoms with Gasteiger partial charge in [0.1, 0.15) is 17.0 Å². The molecule has 1 aliphatic rings. The zero-order valence-electron chi connectivity index (χ0n) is 17.2. The molecule has 9 nitrogen and oxygen atoms in total. The normalized spacial score (nSPS) is 19.0. The number of ether oxygens (including phenoxy) is 1. The average molecular weight is 505 g/mol. The number of hydrogen-bond acceptors (Lipinski definition) is 6. The molecule has 4 heterocycles. The first-order valence-electron chi connectivity index (χ1n) is 9.57. The van der Waals surface area contributed by atoms with Crippen LogP contribution in [0.1, 0.15) is 19.5 Å². The highest BCUT2D eigenvalue weighted by Crippen LogP contribution is 2.50. The van der Waals surface area contributed by atoms with Crippen molar-refractivity contribution in [3.8, 4) is 5.88 Å². The fraction of sp³-hybridized carbons (Fsp3) is 0.368. The lowest BCUT2D eigenvalue weighted by atomic mass is 9.88. The number of anilines is 2. The molecule has 4 rings (SSSR count). The number of fused-ring (bicyclic) bond motifs is 3. The molecular formula is C19H17Cl2F3N6O3. The van der Waals surface area contributed by atoms with Gasteiger partial charge in [0.05, 0.1) is 35.6 Å². The number of aromatic nitrogens is 4. The summed E-state index contributed by atoms with van der Waals surface area (Å²) in [4.78, 5) is 21.9. The van der Waals surface area contributed by atoms with Crippen LogP contribution in [0, 0.1) is 0 Å². The van der Waals surface area contributed by atoms with Crippen molar-refractivity contribution in [3.05, 3.63) is 40.4 Å². The minimum absolute atomic E-state index is 0.0260. The Morgan fingerprint density at radius 1 is 1.33 bits per heavy atom. The largest absolute Gasteiger partial charge is 0.474 e. The summed E-state index contributed by atoms with van der Waals surface area (Å²) in [5.41, 5.74) is -2.48. The third-order valence-corrected chi connectivity index (χ3v) is 5.57. The second-order valence-electron chi connectivity index (χ2n) is 7.75. The van der Waals surface area contributed by atoms with E-state index in [2.05, 4.69) is 20.4 Å². The van der Waals surface area contributed by atoms with Crippen molar-refractivity contribution >= 4 is 46.3 Å². The maximum absolute atomic E-state index is 14.1. The minimum atomic E-state index is -4.70. The fourth-order valence-corrected chi connectivity index (χ4v) is 3.88. The molecule has 0 unspecified atom stereocenters. The van der Waals surface area contributed by atoms with Crippen LogP contribution in [0.25, 0.3) is 5.65 Å². The number of hydrogen-bond donors (Lipinski definition) is 2. The molecule has 0 saturated heterocycles. The van der Waals surface area contributed by atoms with Gasteiger partial charge in [0, 0.05) is 12.6 Å². The molecule has 176 valence electrons. The third-order valence-electron chi connectivity index (χ3n) is 5.11. The Kier molecular flexibility index (Phi) is 5.79. The molecule has 3 aromatic rings. The highest BCUT2D eigenvalue weighted by Gasteiger charge is 2.60. The van der Waals surface area contributed by atoms with Crippen molar-refractivity contribution in [2.45, 2.75) is 31.5 Å². The summed E-state index contributed by atoms with van der Waals surface area (Å²) in [7, 11) is 0. The maximum Gasteiger partial charge on any atom is 0.401 e. The molecule has 0 fully saturated rings. The van der Waals surface area contributed by atoms with Gasteiger partial charge in [0.15, 0.2) is 10.8 Å². The number of pyridine rings is 1. The number of aliphatic hydroxyl groups excluding tert-OH is 1. The van der Waals surface area contributed by atoms with Gasteiger partial charge in [-0.3, -0.25) is 4.90 Å². The zero-order valence-corrected chi connectivity index (χ0v) is 18.7. The van der Waals surface area contributed by atoms with E-state index in [9.17, 15) is 23.1 Å². The van der Waals surface area contributed by atoms with E-state index in [0.29, 0.717) is 0 Å². The monoisotopic (exact) mass is 504 g/mol. The number of aliphatic hydroxyl groups is 1. The van der Waals surface area contributed by atoms with Crippen LogP contribution in [0.3, 0.4) is 0 Å². The molecule has 2 amide bonds. The number of nitrogens with one attached hydrogen (secondary N) is 1. The van der Waals surface area contributed by atoms with Gasteiger partial charge < -0.3 is 15.2 Å². The lowest BCUT2D eigenvalue weighted by Gasteiger charge is -2.28. The molecule has 0 radical (unpaired) electrons. The van der Waals surface area contributed by atoms with Crippen molar-refractivity contribution in [1.82, 2.24) is 19.6 Å². The first kappa shape index (κ1) is 23.3. The SMILES string of the molecule is C[C@@H](O)COc1ncc(NC(=O)N2C[C@@](C)(C(F)(F)F)c3c2cnc2cc(Cl)nn32)cc1Cl. The van der Waals surface area contributed by atoms with Gasteiger partial charge in [0.25, 0.3) is 0 Å². The maximum atomic E-state index is 14.1. The highest BCUT2D eigenvalue weighted by molar-refractivity contribution is 6.32. The van der Waals surface area contributed by atoms with Crippen LogP contribution in [-0.2, 0) is 5.41 Å². The van der Waals surface area contributed by atoms with Gasteiger partial charge >= 0.3 is 12.2 Å². The number of nitrogens with zero attached hydrogens (tertiary/aromatic N) is 5. The van der Waals surface area contributed by atoms with E-state index in [0.717, 1.165) is 16.3 Å². The number of rotatable bonds is 4. The van der Waals surface area contributed by atoms with Gasteiger partial charge in [-0.05, 0) is 19.9 Å². The lowest BCUT2D eigenvalue weighted by molar-refractivity contribution is -0.181. The minimum Gasteiger partial charge on any atom is -0.474 e. The number of alkyl halides is 3. The molecule has 33 heavy (non-hydrogen) atoms. The quantitative estimate of drug-likeness (QED) is 0.554. The van der Waals surface area contributed by atoms with Crippen molar-refractivity contribution in [2.75, 3.05) is 23.4 Å². The first-order valence-corrected chi connectivity index (χ1v) is 10.3. The first-order chi connectivity index (χ1) is 15.4. The molecular weight excluding hydrogens is 488 g/mol. The molecule has 1 aliphatic heterocycles. The number of carbonyl (C=O) groups excluding carboxylic acids is 1. The predicted octanol–water partition coefficient (Wildman–Crippen LogP) is 4.06. The smallest absolute Gasteiger partial charge is 0.401 e. The molecule has 0 saturated carbocycles. The Labute approximate surface area is 195 Å². The van der Waals surface area contributed by atoms with E-state index >= 15 is 0 Å². The Morgan fingerprint density at radius 2 is 2.06 bits per heavy atom. The summed E-state index contributed by atoms with van der Waals surface area (Å²) >= 11 is 12.0. The standard InChI is InChI=1S/C19H17Cl2F3N6O3/c1-9(31)7-33-16-11(20)3-10(5-26-16)27-17(32)29-8-18(2,19(22,23)24)15-12(29)6-25-14-4-13(21)28-30(14)15/h3-6,9,31H,7-8H2,1-2H3,(H,27,32)/t9-,18-/m1/s1. The van der Waals surface area contributed by atoms with E-state index in [-0.39, 0.29) is 45.4 Å². The summed E-state index contributed by atoms with van der Waals surface area (Å²) in [6.45, 7) is 1.76. The summed E-state index contributed by atoms with van der Waals surface area (Å²) < 4.78 is 48.7. The second-order valence-corrected chi connectivity index (χ2v) is 8.54. The van der Waals surface area contributed by atoms with Crippen LogP contribution in [0.5, 0.6) is 5.88 Å². The molecule has 3 aromatic heterocycles. The number of amides is 2. The molecule has 0 aliphatic carbocycles. The molecule has 0 aromatic carbocycles. The predicted molar refractivity (Wildman–Crippen MR) is 114 cm³/mol. The third kappa shape index (κ3) is 4.13. The Bertz CT molecular complexity index is 1240. The average Bonchev–Trinajstić information content (AvgIpc) is 3.24. The van der Waals surface area contributed by atoms with Gasteiger partial charge in [-0.25, -0.2) is 19.3 Å². The van der Waals surface area contributed by atoms with Crippen LogP contribution in [0.2, 0.25) is 10.2 Å². The number of urea groups is 1. The van der Waals surface area contributed by atoms with Gasteiger partial charge in [-0.1, -0.05) is 23.2 Å². The lowest BCUT2D eigenvalue weighted by Crippen LogP contribution is -2.46. The Hall–Kier alpha value is -2.83. The molecule has 2 N–H and O–H groups in total. The van der Waals surface area contributed by atoms with E-state index in [4.69, 9.17) is 27.9 Å². The van der Waals surface area contributed by atoms with E-state index in [1.807, 2.05) is 0 Å². The van der Waals surface area contributed by atoms with Crippen molar-refractivity contribution < 1.29 is 27.8 Å². The molecule has 0 bridgehead atoms. The van der Waals surface area contributed by atoms with Crippen LogP contribution in [-0.4, -0.2) is 56.2 Å². The second kappa shape index (κ2) is 8.19. The van der Waals surface area contributed by atoms with E-state index < -0.39 is 30.3 Å².